The van der Waals surface area contributed by atoms with Crippen molar-refractivity contribution in [1.29, 1.82) is 0 Å². The highest BCUT2D eigenvalue weighted by molar-refractivity contribution is 7.98. The summed E-state index contributed by atoms with van der Waals surface area (Å²) in [4.78, 5) is 131. The number of esters is 2. The molecule has 1 aromatic heterocycles. The number of nitrogens with zero attached hydrogens (tertiary/aromatic N) is 2. The van der Waals surface area contributed by atoms with E-state index in [1.165, 1.54) is 76.8 Å². The lowest BCUT2D eigenvalue weighted by atomic mass is 10.0. The number of nitrogens with one attached hydrogen (secondary N) is 6. The first kappa shape index (κ1) is 53.1. The van der Waals surface area contributed by atoms with E-state index >= 15 is 0 Å². The number of urea groups is 1. The van der Waals surface area contributed by atoms with Crippen LogP contribution in [0.2, 0.25) is 0 Å². The molecule has 7 atom stereocenters. The van der Waals surface area contributed by atoms with E-state index in [2.05, 4.69) is 31.6 Å². The lowest BCUT2D eigenvalue weighted by Crippen LogP contribution is -2.62. The molecule has 23 nitrogen and oxygen atoms in total. The maximum Gasteiger partial charge on any atom is 0.331 e. The van der Waals surface area contributed by atoms with Gasteiger partial charge in [-0.05, 0) is 60.7 Å². The molecule has 0 spiro atoms. The number of hydrogen-bond acceptors (Lipinski definition) is 15. The van der Waals surface area contributed by atoms with Gasteiger partial charge in [-0.15, -0.1) is 0 Å². The first-order chi connectivity index (χ1) is 32.1. The molecule has 1 fully saturated rings. The Bertz CT molecular complexity index is 2510. The number of benzene rings is 2. The third-order valence-corrected chi connectivity index (χ3v) is 10.9. The van der Waals surface area contributed by atoms with Crippen LogP contribution in [-0.2, 0) is 51.1 Å². The van der Waals surface area contributed by atoms with Gasteiger partial charge in [-0.1, -0.05) is 24.3 Å². The summed E-state index contributed by atoms with van der Waals surface area (Å²) in [7, 11) is 1.33. The quantitative estimate of drug-likeness (QED) is 0.0507. The number of carbonyl (C=O) groups is 8. The van der Waals surface area contributed by atoms with E-state index in [1.807, 2.05) is 0 Å². The van der Waals surface area contributed by atoms with E-state index in [9.17, 15) is 58.2 Å². The van der Waals surface area contributed by atoms with Crippen molar-refractivity contribution < 1.29 is 62.8 Å². The Labute approximate surface area is 393 Å². The molecule has 4 unspecified atom stereocenters. The summed E-state index contributed by atoms with van der Waals surface area (Å²) < 4.78 is 16.9. The Hall–Kier alpha value is -7.47. The van der Waals surface area contributed by atoms with Crippen LogP contribution in [0.15, 0.2) is 82.3 Å². The van der Waals surface area contributed by atoms with Gasteiger partial charge in [0.15, 0.2) is 0 Å². The van der Waals surface area contributed by atoms with E-state index < -0.39 is 101 Å². The number of aromatic nitrogens is 2. The zero-order chi connectivity index (χ0) is 50.2. The van der Waals surface area contributed by atoms with Crippen LogP contribution < -0.4 is 47.3 Å². The largest absolute Gasteiger partial charge is 0.480 e. The number of amides is 6. The minimum atomic E-state index is -1.62. The molecule has 68 heavy (non-hydrogen) atoms. The van der Waals surface area contributed by atoms with Gasteiger partial charge in [-0.3, -0.25) is 43.1 Å². The van der Waals surface area contributed by atoms with Crippen molar-refractivity contribution in [3.63, 3.8) is 0 Å². The number of carbonyl (C=O) groups excluding carboxylic acids is 7. The number of hydrogen-bond donors (Lipinski definition) is 8. The maximum absolute atomic E-state index is 14.2. The third kappa shape index (κ3) is 15.9. The maximum atomic E-state index is 14.2. The van der Waals surface area contributed by atoms with Gasteiger partial charge in [0.25, 0.3) is 5.56 Å². The summed E-state index contributed by atoms with van der Waals surface area (Å²) >= 11 is 1.32. The summed E-state index contributed by atoms with van der Waals surface area (Å²) in [6.07, 6.45) is 0.794. The molecule has 1 aliphatic heterocycles. The Morgan fingerprint density at radius 1 is 0.868 bits per heavy atom. The summed E-state index contributed by atoms with van der Waals surface area (Å²) in [6.45, 7) is 5.05. The number of likely N-dealkylation sites (N-methyl/N-ethyl adjacent to an activating group) is 1. The minimum Gasteiger partial charge on any atom is -0.480 e. The van der Waals surface area contributed by atoms with Crippen LogP contribution in [0, 0.1) is 0 Å². The molecule has 0 aliphatic carbocycles. The molecule has 4 rings (SSSR count). The normalized spacial score (nSPS) is 16.9. The van der Waals surface area contributed by atoms with E-state index in [1.54, 1.807) is 24.5 Å². The number of aromatic amines is 1. The first-order valence-electron chi connectivity index (χ1n) is 21.0. The van der Waals surface area contributed by atoms with Crippen molar-refractivity contribution >= 4 is 59.3 Å². The average molecular weight is 967 g/mol. The van der Waals surface area contributed by atoms with Crippen molar-refractivity contribution in [2.24, 2.45) is 0 Å². The summed E-state index contributed by atoms with van der Waals surface area (Å²) in [5, 5.41) is 33.2. The van der Waals surface area contributed by atoms with E-state index in [0.717, 1.165) is 27.9 Å². The standard InChI is InChI=1S/C44H54N8O15S/c1-23(51(5)40(60)33(46-24(2)53)19-27-9-7-11-29(17-27)65-25(3)54)37(39(59)45-22-31-21-35(56)41(67-31)52-15-13-36(57)49-44(52)64)50-38(58)32(14-16-68-6)47-43(63)48-34(42(61)62)20-28-10-8-12-30(18-28)66-26(4)55/h7-13,15,17-18,22-23,32-35,37,41,56H,14,16,19-21H2,1-6H3,(H,45,59)(H,46,53)(H,50,58)(H,61,62)(H2,47,48,63)(H,49,57,64)/b31-22+/t23?,32-,33-,34?,35?,37+,41?/m0/s1. The fourth-order valence-corrected chi connectivity index (χ4v) is 7.38. The lowest BCUT2D eigenvalue weighted by molar-refractivity contribution is -0.140. The molecule has 24 heteroatoms. The Balaban J connectivity index is 1.61. The number of carboxylic acids is 1. The van der Waals surface area contributed by atoms with E-state index in [-0.39, 0.29) is 42.9 Å². The molecule has 6 amide bonds. The number of rotatable bonds is 21. The lowest BCUT2D eigenvalue weighted by Gasteiger charge is -2.34. The fourth-order valence-electron chi connectivity index (χ4n) is 6.91. The summed E-state index contributed by atoms with van der Waals surface area (Å²) in [5.74, 6) is -5.08. The molecule has 0 radical (unpaired) electrons. The van der Waals surface area contributed by atoms with Gasteiger partial charge in [0.2, 0.25) is 29.9 Å². The smallest absolute Gasteiger partial charge is 0.331 e. The monoisotopic (exact) mass is 966 g/mol. The minimum absolute atomic E-state index is 0.0138. The predicted molar refractivity (Wildman–Crippen MR) is 243 cm³/mol. The van der Waals surface area contributed by atoms with E-state index in [0.29, 0.717) is 16.9 Å². The molecule has 8 N–H and O–H groups in total. The van der Waals surface area contributed by atoms with Gasteiger partial charge in [0, 0.05) is 65.5 Å². The van der Waals surface area contributed by atoms with Crippen LogP contribution in [0.25, 0.3) is 0 Å². The van der Waals surface area contributed by atoms with Crippen molar-refractivity contribution in [2.45, 2.75) is 95.9 Å². The number of ether oxygens (including phenoxy) is 3. The highest BCUT2D eigenvalue weighted by Gasteiger charge is 2.38. The highest BCUT2D eigenvalue weighted by Crippen LogP contribution is 2.30. The van der Waals surface area contributed by atoms with Crippen LogP contribution in [0.5, 0.6) is 11.5 Å². The summed E-state index contributed by atoms with van der Waals surface area (Å²) in [6, 6.07) is 5.32. The second kappa shape index (κ2) is 24.9. The number of aliphatic hydroxyl groups is 1. The van der Waals surface area contributed by atoms with Gasteiger partial charge in [-0.2, -0.15) is 11.8 Å². The Morgan fingerprint density at radius 2 is 1.46 bits per heavy atom. The van der Waals surface area contributed by atoms with Crippen LogP contribution >= 0.6 is 11.8 Å². The molecule has 2 heterocycles. The molecule has 2 aromatic carbocycles. The van der Waals surface area contributed by atoms with Crippen molar-refractivity contribution in [2.75, 3.05) is 19.1 Å². The van der Waals surface area contributed by atoms with E-state index in [4.69, 9.17) is 14.2 Å². The van der Waals surface area contributed by atoms with Gasteiger partial charge in [0.05, 0.1) is 6.04 Å². The number of aliphatic hydroxyl groups excluding tert-OH is 1. The number of H-pyrrole nitrogens is 1. The molecular weight excluding hydrogens is 913 g/mol. The average Bonchev–Trinajstić information content (AvgIpc) is 3.63. The second-order valence-corrected chi connectivity index (χ2v) is 16.6. The zero-order valence-electron chi connectivity index (χ0n) is 37.9. The molecule has 1 aliphatic rings. The number of aliphatic carboxylic acids is 1. The van der Waals surface area contributed by atoms with Crippen LogP contribution in [0.1, 0.15) is 57.9 Å². The SMILES string of the molecule is CSCC[C@H](NC(=O)NC(Cc1cccc(OC(C)=O)c1)C(=O)O)C(=O)N[C@@H](C(=O)N/C=C1\CC(O)C(n2ccc(=O)[nH]c2=O)O1)C(C)N(C)C(=O)[C@H](Cc1cccc(OC(C)=O)c1)NC(C)=O. The molecular formula is C44H54N8O15S. The number of carboxylic acid groups (broad SMARTS) is 1. The van der Waals surface area contributed by atoms with Gasteiger partial charge in [0.1, 0.15) is 47.5 Å². The number of thioether (sulfide) groups is 1. The van der Waals surface area contributed by atoms with Gasteiger partial charge < -0.3 is 55.9 Å². The van der Waals surface area contributed by atoms with Gasteiger partial charge >= 0.3 is 29.6 Å². The van der Waals surface area contributed by atoms with Crippen molar-refractivity contribution in [1.82, 2.24) is 41.0 Å². The zero-order valence-corrected chi connectivity index (χ0v) is 38.7. The van der Waals surface area contributed by atoms with Crippen LogP contribution in [-0.4, -0.2) is 128 Å². The summed E-state index contributed by atoms with van der Waals surface area (Å²) in [5.41, 5.74) is -0.651. The first-order valence-corrected chi connectivity index (χ1v) is 22.4. The molecule has 366 valence electrons. The fraction of sp³-hybridized carbons (Fsp3) is 0.409. The molecule has 0 bridgehead atoms. The van der Waals surface area contributed by atoms with Gasteiger partial charge in [-0.25, -0.2) is 14.4 Å². The molecule has 0 saturated carbocycles. The highest BCUT2D eigenvalue weighted by atomic mass is 32.2. The van der Waals surface area contributed by atoms with Crippen LogP contribution in [0.3, 0.4) is 0 Å². The third-order valence-electron chi connectivity index (χ3n) is 10.2. The predicted octanol–water partition coefficient (Wildman–Crippen LogP) is -0.179. The van der Waals surface area contributed by atoms with Crippen molar-refractivity contribution in [3.8, 4) is 11.5 Å². The molecule has 1 saturated heterocycles. The topological polar surface area (TPSA) is 323 Å². The second-order valence-electron chi connectivity index (χ2n) is 15.6. The van der Waals surface area contributed by atoms with Crippen LogP contribution in [0.4, 0.5) is 4.79 Å². The van der Waals surface area contributed by atoms with Crippen molar-refractivity contribution in [3.05, 3.63) is 105 Å². The Morgan fingerprint density at radius 3 is 2.00 bits per heavy atom. The molecule has 3 aromatic rings. The Kier molecular flexibility index (Phi) is 19.4.